The summed E-state index contributed by atoms with van der Waals surface area (Å²) in [6.07, 6.45) is 1.58. The first-order valence-electron chi connectivity index (χ1n) is 6.97. The fourth-order valence-electron chi connectivity index (χ4n) is 3.13. The summed E-state index contributed by atoms with van der Waals surface area (Å²) >= 11 is 3.62. The molecule has 0 atom stereocenters. The smallest absolute Gasteiger partial charge is 0.234 e. The third-order valence-electron chi connectivity index (χ3n) is 4.06. The van der Waals surface area contributed by atoms with Crippen molar-refractivity contribution in [3.8, 4) is 0 Å². The lowest BCUT2D eigenvalue weighted by Gasteiger charge is -2.32. The topological polar surface area (TPSA) is 55.1 Å². The molecular formula is C17H18BrClN2O. The van der Waals surface area contributed by atoms with Crippen LogP contribution in [0.15, 0.2) is 53.0 Å². The summed E-state index contributed by atoms with van der Waals surface area (Å²) in [7, 11) is 0. The van der Waals surface area contributed by atoms with Crippen LogP contribution in [0.4, 0.5) is 0 Å². The van der Waals surface area contributed by atoms with Gasteiger partial charge in [0.15, 0.2) is 0 Å². The number of hydrogen-bond acceptors (Lipinski definition) is 2. The molecule has 3 nitrogen and oxygen atoms in total. The van der Waals surface area contributed by atoms with E-state index in [9.17, 15) is 4.79 Å². The van der Waals surface area contributed by atoms with E-state index in [1.54, 1.807) is 0 Å². The Morgan fingerprint density at radius 1 is 1.09 bits per heavy atom. The largest absolute Gasteiger partial charge is 0.345 e. The average Bonchev–Trinajstić information content (AvgIpc) is 2.86. The highest BCUT2D eigenvalue weighted by Crippen LogP contribution is 2.40. The Kier molecular flexibility index (Phi) is 5.27. The van der Waals surface area contributed by atoms with Crippen LogP contribution >= 0.6 is 28.3 Å². The molecule has 0 saturated carbocycles. The van der Waals surface area contributed by atoms with Crippen molar-refractivity contribution < 1.29 is 4.79 Å². The van der Waals surface area contributed by atoms with Crippen LogP contribution in [0.2, 0.25) is 0 Å². The van der Waals surface area contributed by atoms with Crippen molar-refractivity contribution in [1.29, 1.82) is 0 Å². The van der Waals surface area contributed by atoms with Gasteiger partial charge in [-0.2, -0.15) is 0 Å². The summed E-state index contributed by atoms with van der Waals surface area (Å²) in [5.74, 6) is -0.126. The summed E-state index contributed by atoms with van der Waals surface area (Å²) in [4.78, 5) is 12.0. The van der Waals surface area contributed by atoms with Gasteiger partial charge in [-0.25, -0.2) is 0 Å². The van der Waals surface area contributed by atoms with Gasteiger partial charge >= 0.3 is 0 Å². The highest BCUT2D eigenvalue weighted by atomic mass is 79.9. The molecule has 0 aliphatic heterocycles. The van der Waals surface area contributed by atoms with E-state index < -0.39 is 5.54 Å². The SMILES string of the molecule is Cl.NCC(=O)NC1(c2ccccc2Br)Cc2ccccc2C1. The van der Waals surface area contributed by atoms with Crippen LogP contribution < -0.4 is 11.1 Å². The third kappa shape index (κ3) is 3.05. The molecule has 0 spiro atoms. The summed E-state index contributed by atoms with van der Waals surface area (Å²) in [6, 6.07) is 16.4. The first-order chi connectivity index (χ1) is 10.1. The van der Waals surface area contributed by atoms with Crippen molar-refractivity contribution >= 4 is 34.2 Å². The minimum Gasteiger partial charge on any atom is -0.345 e. The molecule has 0 radical (unpaired) electrons. The van der Waals surface area contributed by atoms with Gasteiger partial charge in [0.05, 0.1) is 12.1 Å². The van der Waals surface area contributed by atoms with Crippen molar-refractivity contribution in [2.45, 2.75) is 18.4 Å². The lowest BCUT2D eigenvalue weighted by Crippen LogP contribution is -2.49. The van der Waals surface area contributed by atoms with Crippen molar-refractivity contribution in [2.24, 2.45) is 5.73 Å². The molecule has 22 heavy (non-hydrogen) atoms. The Morgan fingerprint density at radius 3 is 2.18 bits per heavy atom. The van der Waals surface area contributed by atoms with Gasteiger partial charge in [-0.05, 0) is 22.8 Å². The number of amides is 1. The highest BCUT2D eigenvalue weighted by Gasteiger charge is 2.40. The van der Waals surface area contributed by atoms with E-state index in [-0.39, 0.29) is 24.9 Å². The van der Waals surface area contributed by atoms with Gasteiger partial charge in [-0.15, -0.1) is 12.4 Å². The molecule has 0 heterocycles. The van der Waals surface area contributed by atoms with Crippen LogP contribution in [0.3, 0.4) is 0 Å². The van der Waals surface area contributed by atoms with E-state index in [0.29, 0.717) is 0 Å². The zero-order chi connectivity index (χ0) is 14.9. The first-order valence-corrected chi connectivity index (χ1v) is 7.77. The van der Waals surface area contributed by atoms with Gasteiger partial charge in [-0.3, -0.25) is 4.79 Å². The Bertz CT molecular complexity index is 665. The molecule has 5 heteroatoms. The Labute approximate surface area is 144 Å². The number of hydrogen-bond donors (Lipinski definition) is 2. The van der Waals surface area contributed by atoms with Crippen molar-refractivity contribution in [3.05, 3.63) is 69.7 Å². The average molecular weight is 382 g/mol. The van der Waals surface area contributed by atoms with Crippen LogP contribution in [0.1, 0.15) is 16.7 Å². The number of fused-ring (bicyclic) bond motifs is 1. The molecule has 116 valence electrons. The standard InChI is InChI=1S/C17H17BrN2O.ClH/c18-15-8-4-3-7-14(15)17(20-16(21)11-19)9-12-5-1-2-6-13(12)10-17;/h1-8H,9-11,19H2,(H,20,21);1H. The van der Waals surface area contributed by atoms with Gasteiger partial charge < -0.3 is 11.1 Å². The molecule has 0 aromatic heterocycles. The number of nitrogens with two attached hydrogens (primary N) is 1. The van der Waals surface area contributed by atoms with Gasteiger partial charge in [0.2, 0.25) is 5.91 Å². The van der Waals surface area contributed by atoms with E-state index in [2.05, 4.69) is 39.4 Å². The highest BCUT2D eigenvalue weighted by molar-refractivity contribution is 9.10. The quantitative estimate of drug-likeness (QED) is 0.859. The Morgan fingerprint density at radius 2 is 1.64 bits per heavy atom. The van der Waals surface area contributed by atoms with Crippen molar-refractivity contribution in [2.75, 3.05) is 6.54 Å². The van der Waals surface area contributed by atoms with Crippen LogP contribution in [0.5, 0.6) is 0 Å². The number of benzene rings is 2. The van der Waals surface area contributed by atoms with Crippen LogP contribution in [0.25, 0.3) is 0 Å². The molecule has 0 unspecified atom stereocenters. The van der Waals surface area contributed by atoms with Crippen LogP contribution in [0, 0.1) is 0 Å². The van der Waals surface area contributed by atoms with E-state index in [0.717, 1.165) is 22.9 Å². The summed E-state index contributed by atoms with van der Waals surface area (Å²) in [5, 5.41) is 3.15. The number of carbonyl (C=O) groups is 1. The van der Waals surface area contributed by atoms with E-state index in [1.165, 1.54) is 11.1 Å². The zero-order valence-electron chi connectivity index (χ0n) is 12.0. The molecule has 2 aromatic carbocycles. The fraction of sp³-hybridized carbons (Fsp3) is 0.235. The molecule has 1 amide bonds. The monoisotopic (exact) mass is 380 g/mol. The molecule has 0 saturated heterocycles. The number of rotatable bonds is 3. The second-order valence-electron chi connectivity index (χ2n) is 5.44. The molecule has 1 aliphatic rings. The fourth-order valence-corrected chi connectivity index (χ4v) is 3.79. The summed E-state index contributed by atoms with van der Waals surface area (Å²) in [5.41, 5.74) is 8.76. The Balaban J connectivity index is 0.00000176. The number of nitrogens with one attached hydrogen (secondary N) is 1. The van der Waals surface area contributed by atoms with E-state index in [4.69, 9.17) is 5.73 Å². The van der Waals surface area contributed by atoms with Gasteiger partial charge in [0, 0.05) is 17.3 Å². The molecule has 1 aliphatic carbocycles. The molecule has 2 aromatic rings. The maximum absolute atomic E-state index is 12.0. The summed E-state index contributed by atoms with van der Waals surface area (Å²) < 4.78 is 1.01. The zero-order valence-corrected chi connectivity index (χ0v) is 14.4. The van der Waals surface area contributed by atoms with Crippen molar-refractivity contribution in [1.82, 2.24) is 5.32 Å². The molecular weight excluding hydrogens is 364 g/mol. The third-order valence-corrected chi connectivity index (χ3v) is 4.75. The minimum atomic E-state index is -0.416. The first kappa shape index (κ1) is 17.0. The molecule has 0 fully saturated rings. The lowest BCUT2D eigenvalue weighted by molar-refractivity contribution is -0.121. The molecule has 3 rings (SSSR count). The van der Waals surface area contributed by atoms with Crippen molar-refractivity contribution in [3.63, 3.8) is 0 Å². The Hall–Kier alpha value is -1.36. The predicted octanol–water partition coefficient (Wildman–Crippen LogP) is 2.94. The molecule has 3 N–H and O–H groups in total. The number of halogens is 2. The second kappa shape index (κ2) is 6.82. The number of carbonyl (C=O) groups excluding carboxylic acids is 1. The molecule has 0 bridgehead atoms. The van der Waals surface area contributed by atoms with Gasteiger partial charge in [-0.1, -0.05) is 58.4 Å². The normalized spacial score (nSPS) is 14.8. The predicted molar refractivity (Wildman–Crippen MR) is 94.1 cm³/mol. The minimum absolute atomic E-state index is 0. The summed E-state index contributed by atoms with van der Waals surface area (Å²) in [6.45, 7) is 0.00253. The van der Waals surface area contributed by atoms with Gasteiger partial charge in [0.1, 0.15) is 0 Å². The van der Waals surface area contributed by atoms with Crippen LogP contribution in [-0.4, -0.2) is 12.5 Å². The van der Waals surface area contributed by atoms with E-state index >= 15 is 0 Å². The maximum atomic E-state index is 12.0. The second-order valence-corrected chi connectivity index (χ2v) is 6.29. The van der Waals surface area contributed by atoms with Crippen LogP contribution in [-0.2, 0) is 23.2 Å². The van der Waals surface area contributed by atoms with E-state index in [1.807, 2.05) is 30.3 Å². The maximum Gasteiger partial charge on any atom is 0.234 e. The van der Waals surface area contributed by atoms with Gasteiger partial charge in [0.25, 0.3) is 0 Å². The lowest BCUT2D eigenvalue weighted by atomic mass is 9.86.